The molecule has 7 heteroatoms. The van der Waals surface area contributed by atoms with Gasteiger partial charge in [0.25, 0.3) is 0 Å². The van der Waals surface area contributed by atoms with Gasteiger partial charge < -0.3 is 25.3 Å². The summed E-state index contributed by atoms with van der Waals surface area (Å²) in [7, 11) is 4.48. The number of benzene rings is 1. The molecule has 3 N–H and O–H groups in total. The van der Waals surface area contributed by atoms with Crippen LogP contribution in [-0.2, 0) is 9.53 Å². The lowest BCUT2D eigenvalue weighted by molar-refractivity contribution is -0.120. The smallest absolute Gasteiger partial charge is 0.340 e. The molecule has 0 fully saturated rings. The van der Waals surface area contributed by atoms with Crippen LogP contribution in [0.3, 0.4) is 0 Å². The summed E-state index contributed by atoms with van der Waals surface area (Å²) in [5.41, 5.74) is 6.21. The Kier molecular flexibility index (Phi) is 6.32. The van der Waals surface area contributed by atoms with Crippen molar-refractivity contribution in [1.82, 2.24) is 5.32 Å². The molecule has 0 aliphatic carbocycles. The van der Waals surface area contributed by atoms with Crippen molar-refractivity contribution in [2.24, 2.45) is 0 Å². The molecule has 7 nitrogen and oxygen atoms in total. The molecule has 0 saturated heterocycles. The maximum atomic E-state index is 12.0. The highest BCUT2D eigenvalue weighted by Crippen LogP contribution is 2.31. The molecule has 116 valence electrons. The third kappa shape index (κ3) is 4.55. The van der Waals surface area contributed by atoms with Gasteiger partial charge in [-0.3, -0.25) is 4.79 Å². The van der Waals surface area contributed by atoms with Crippen LogP contribution in [0.2, 0.25) is 0 Å². The van der Waals surface area contributed by atoms with Gasteiger partial charge in [-0.05, 0) is 12.5 Å². The average Bonchev–Trinajstić information content (AvgIpc) is 2.51. The van der Waals surface area contributed by atoms with Gasteiger partial charge >= 0.3 is 5.97 Å². The van der Waals surface area contributed by atoms with Crippen LogP contribution in [-0.4, -0.2) is 39.8 Å². The monoisotopic (exact) mass is 296 g/mol. The van der Waals surface area contributed by atoms with Crippen molar-refractivity contribution >= 4 is 17.6 Å². The van der Waals surface area contributed by atoms with Gasteiger partial charge in [0.15, 0.2) is 0 Å². The molecule has 0 aliphatic heterocycles. The van der Waals surface area contributed by atoms with Gasteiger partial charge in [-0.25, -0.2) is 4.79 Å². The second-order valence-electron chi connectivity index (χ2n) is 4.20. The number of carbonyl (C=O) groups excluding carboxylic acids is 2. The zero-order valence-corrected chi connectivity index (χ0v) is 12.4. The highest BCUT2D eigenvalue weighted by Gasteiger charge is 2.17. The first-order valence-electron chi connectivity index (χ1n) is 6.42. The second-order valence-corrected chi connectivity index (χ2v) is 4.20. The molecular formula is C14H20N2O5. The SMILES string of the molecule is CNC(=O)CCCOC(=O)c1cc(OC)cc(OC)c1N. The number of rotatable bonds is 7. The lowest BCUT2D eigenvalue weighted by Crippen LogP contribution is -2.18. The standard InChI is InChI=1S/C14H20N2O5/c1-16-12(17)5-4-6-21-14(18)10-7-9(19-2)8-11(20-3)13(10)15/h7-8H,4-6,15H2,1-3H3,(H,16,17). The Labute approximate surface area is 123 Å². The number of hydrogen-bond acceptors (Lipinski definition) is 6. The summed E-state index contributed by atoms with van der Waals surface area (Å²) >= 11 is 0. The summed E-state index contributed by atoms with van der Waals surface area (Å²) in [6, 6.07) is 3.07. The van der Waals surface area contributed by atoms with Crippen molar-refractivity contribution in [3.63, 3.8) is 0 Å². The van der Waals surface area contributed by atoms with Crippen LogP contribution in [0.25, 0.3) is 0 Å². The number of carbonyl (C=O) groups is 2. The minimum Gasteiger partial charge on any atom is -0.497 e. The van der Waals surface area contributed by atoms with Crippen LogP contribution in [0.5, 0.6) is 11.5 Å². The maximum Gasteiger partial charge on any atom is 0.340 e. The summed E-state index contributed by atoms with van der Waals surface area (Å²) in [5, 5.41) is 2.49. The van der Waals surface area contributed by atoms with Gasteiger partial charge in [0.05, 0.1) is 32.1 Å². The van der Waals surface area contributed by atoms with Crippen molar-refractivity contribution in [2.45, 2.75) is 12.8 Å². The van der Waals surface area contributed by atoms with Crippen LogP contribution in [0.4, 0.5) is 5.69 Å². The Hall–Kier alpha value is -2.44. The van der Waals surface area contributed by atoms with E-state index in [0.717, 1.165) is 0 Å². The highest BCUT2D eigenvalue weighted by atomic mass is 16.5. The molecule has 21 heavy (non-hydrogen) atoms. The van der Waals surface area contributed by atoms with E-state index in [4.69, 9.17) is 19.9 Å². The molecule has 0 heterocycles. The minimum atomic E-state index is -0.582. The third-order valence-corrected chi connectivity index (χ3v) is 2.85. The number of methoxy groups -OCH3 is 2. The number of ether oxygens (including phenoxy) is 3. The summed E-state index contributed by atoms with van der Waals surface area (Å²) in [6.07, 6.45) is 0.729. The van der Waals surface area contributed by atoms with E-state index in [1.807, 2.05) is 0 Å². The molecule has 0 atom stereocenters. The van der Waals surface area contributed by atoms with Crippen molar-refractivity contribution in [3.05, 3.63) is 17.7 Å². The van der Waals surface area contributed by atoms with E-state index in [-0.39, 0.29) is 23.8 Å². The first-order valence-corrected chi connectivity index (χ1v) is 6.42. The molecule has 1 rings (SSSR count). The van der Waals surface area contributed by atoms with Crippen molar-refractivity contribution < 1.29 is 23.8 Å². The Morgan fingerprint density at radius 2 is 1.95 bits per heavy atom. The quantitative estimate of drug-likeness (QED) is 0.442. The summed E-state index contributed by atoms with van der Waals surface area (Å²) in [5.74, 6) is 0.0974. The molecule has 0 bridgehead atoms. The lowest BCUT2D eigenvalue weighted by Gasteiger charge is -2.12. The van der Waals surface area contributed by atoms with E-state index in [0.29, 0.717) is 24.3 Å². The number of nitrogens with one attached hydrogen (secondary N) is 1. The normalized spacial score (nSPS) is 9.86. The van der Waals surface area contributed by atoms with Crippen LogP contribution in [0, 0.1) is 0 Å². The van der Waals surface area contributed by atoms with Crippen LogP contribution >= 0.6 is 0 Å². The van der Waals surface area contributed by atoms with Gasteiger partial charge in [-0.1, -0.05) is 0 Å². The predicted molar refractivity (Wildman–Crippen MR) is 77.5 cm³/mol. The Morgan fingerprint density at radius 1 is 1.24 bits per heavy atom. The van der Waals surface area contributed by atoms with Crippen molar-refractivity contribution in [2.75, 3.05) is 33.6 Å². The van der Waals surface area contributed by atoms with Crippen molar-refractivity contribution in [1.29, 1.82) is 0 Å². The molecule has 0 unspecified atom stereocenters. The molecular weight excluding hydrogens is 276 g/mol. The second kappa shape index (κ2) is 7.98. The van der Waals surface area contributed by atoms with Crippen LogP contribution < -0.4 is 20.5 Å². The first kappa shape index (κ1) is 16.6. The average molecular weight is 296 g/mol. The lowest BCUT2D eigenvalue weighted by atomic mass is 10.1. The fraction of sp³-hybridized carbons (Fsp3) is 0.429. The molecule has 1 aromatic carbocycles. The van der Waals surface area contributed by atoms with Gasteiger partial charge in [-0.2, -0.15) is 0 Å². The topological polar surface area (TPSA) is 99.9 Å². The number of nitrogen functional groups attached to an aromatic ring is 1. The third-order valence-electron chi connectivity index (χ3n) is 2.85. The summed E-state index contributed by atoms with van der Waals surface area (Å²) in [4.78, 5) is 23.0. The zero-order valence-electron chi connectivity index (χ0n) is 12.4. The van der Waals surface area contributed by atoms with Crippen LogP contribution in [0.1, 0.15) is 23.2 Å². The molecule has 1 aromatic rings. The fourth-order valence-corrected chi connectivity index (χ4v) is 1.66. The maximum absolute atomic E-state index is 12.0. The van der Waals surface area contributed by atoms with E-state index in [1.54, 1.807) is 13.1 Å². The van der Waals surface area contributed by atoms with E-state index in [2.05, 4.69) is 5.32 Å². The number of nitrogens with two attached hydrogens (primary N) is 1. The number of amides is 1. The zero-order chi connectivity index (χ0) is 15.8. The molecule has 0 saturated carbocycles. The Bertz CT molecular complexity index is 516. The fourth-order valence-electron chi connectivity index (χ4n) is 1.66. The van der Waals surface area contributed by atoms with Gasteiger partial charge in [0, 0.05) is 19.5 Å². The number of hydrogen-bond donors (Lipinski definition) is 2. The molecule has 1 amide bonds. The van der Waals surface area contributed by atoms with Gasteiger partial charge in [0.2, 0.25) is 5.91 Å². The van der Waals surface area contributed by atoms with Gasteiger partial charge in [0.1, 0.15) is 11.5 Å². The number of esters is 1. The Balaban J connectivity index is 2.71. The molecule has 0 spiro atoms. The molecule has 0 aliphatic rings. The first-order chi connectivity index (χ1) is 10.0. The van der Waals surface area contributed by atoms with Gasteiger partial charge in [-0.15, -0.1) is 0 Å². The summed E-state index contributed by atoms with van der Waals surface area (Å²) < 4.78 is 15.3. The van der Waals surface area contributed by atoms with E-state index < -0.39 is 5.97 Å². The van der Waals surface area contributed by atoms with Crippen molar-refractivity contribution in [3.8, 4) is 11.5 Å². The minimum absolute atomic E-state index is 0.103. The molecule has 0 radical (unpaired) electrons. The predicted octanol–water partition coefficient (Wildman–Crippen LogP) is 0.969. The number of anilines is 1. The van der Waals surface area contributed by atoms with Crippen LogP contribution in [0.15, 0.2) is 12.1 Å². The molecule has 0 aromatic heterocycles. The largest absolute Gasteiger partial charge is 0.497 e. The highest BCUT2D eigenvalue weighted by molar-refractivity contribution is 5.97. The van der Waals surface area contributed by atoms with E-state index in [9.17, 15) is 9.59 Å². The summed E-state index contributed by atoms with van der Waals surface area (Å²) in [6.45, 7) is 0.130. The van der Waals surface area contributed by atoms with E-state index >= 15 is 0 Å². The Morgan fingerprint density at radius 3 is 2.52 bits per heavy atom. The van der Waals surface area contributed by atoms with E-state index in [1.165, 1.54) is 20.3 Å².